The number of nitriles is 1. The second-order valence-corrected chi connectivity index (χ2v) is 6.47. The molecule has 0 bridgehead atoms. The molecule has 1 aromatic carbocycles. The molecule has 0 aliphatic carbocycles. The third-order valence-electron chi connectivity index (χ3n) is 3.18. The van der Waals surface area contributed by atoms with E-state index in [4.69, 9.17) is 5.26 Å². The molecule has 0 saturated heterocycles. The number of halogens is 1. The molecule has 3 aromatic rings. The van der Waals surface area contributed by atoms with Crippen molar-refractivity contribution in [3.05, 3.63) is 54.7 Å². The second kappa shape index (κ2) is 5.66. The molecule has 2 heterocycles. The molecular formula is C14H10FN5O2S. The maximum atomic E-state index is 13.0. The van der Waals surface area contributed by atoms with Crippen molar-refractivity contribution in [2.45, 2.75) is 4.90 Å². The first-order chi connectivity index (χ1) is 11.0. The Morgan fingerprint density at radius 2 is 1.96 bits per heavy atom. The lowest BCUT2D eigenvalue weighted by Crippen LogP contribution is -2.31. The van der Waals surface area contributed by atoms with Gasteiger partial charge in [-0.25, -0.2) is 12.8 Å². The van der Waals surface area contributed by atoms with Gasteiger partial charge in [-0.05, 0) is 36.4 Å². The predicted molar refractivity (Wildman–Crippen MR) is 79.5 cm³/mol. The highest BCUT2D eigenvalue weighted by Crippen LogP contribution is 2.23. The normalized spacial score (nSPS) is 11.3. The van der Waals surface area contributed by atoms with Crippen molar-refractivity contribution in [3.63, 3.8) is 0 Å². The number of hydrogen-bond donors (Lipinski definition) is 0. The van der Waals surface area contributed by atoms with E-state index in [2.05, 4.69) is 10.2 Å². The summed E-state index contributed by atoms with van der Waals surface area (Å²) < 4.78 is 41.0. The Morgan fingerprint density at radius 3 is 2.65 bits per heavy atom. The largest absolute Gasteiger partial charge is 0.288 e. The number of aromatic nitrogens is 3. The molecule has 116 valence electrons. The summed E-state index contributed by atoms with van der Waals surface area (Å²) in [5.41, 5.74) is 0.703. The topological polar surface area (TPSA) is 91.4 Å². The van der Waals surface area contributed by atoms with Crippen LogP contribution in [0.1, 0.15) is 0 Å². The fourth-order valence-electron chi connectivity index (χ4n) is 2.07. The molecule has 0 spiro atoms. The Balaban J connectivity index is 2.09. The molecule has 0 atom stereocenters. The summed E-state index contributed by atoms with van der Waals surface area (Å²) in [6, 6.07) is 9.59. The predicted octanol–water partition coefficient (Wildman–Crippen LogP) is 1.59. The molecule has 0 aliphatic rings. The van der Waals surface area contributed by atoms with E-state index < -0.39 is 22.4 Å². The first kappa shape index (κ1) is 14.9. The summed E-state index contributed by atoms with van der Waals surface area (Å²) in [5.74, 6) is -0.492. The minimum absolute atomic E-state index is 0.0237. The highest BCUT2D eigenvalue weighted by Gasteiger charge is 2.25. The molecule has 2 aromatic heterocycles. The van der Waals surface area contributed by atoms with Crippen LogP contribution in [0.25, 0.3) is 5.65 Å². The van der Waals surface area contributed by atoms with Crippen LogP contribution in [-0.2, 0) is 10.0 Å². The van der Waals surface area contributed by atoms with Gasteiger partial charge in [0, 0.05) is 6.20 Å². The van der Waals surface area contributed by atoms with Gasteiger partial charge in [-0.2, -0.15) is 5.26 Å². The standard InChI is InChI=1S/C14H10FN5O2S/c15-11-1-3-12(4-2-11)20(8-7-16)23(21,22)13-5-6-14-18-17-10-19(14)9-13/h1-6,9-10H,8H2. The Morgan fingerprint density at radius 1 is 1.22 bits per heavy atom. The number of fused-ring (bicyclic) bond motifs is 1. The molecule has 0 saturated carbocycles. The van der Waals surface area contributed by atoms with Crippen LogP contribution in [0.5, 0.6) is 0 Å². The van der Waals surface area contributed by atoms with E-state index in [0.717, 1.165) is 16.4 Å². The molecule has 0 amide bonds. The van der Waals surface area contributed by atoms with Crippen LogP contribution in [0.4, 0.5) is 10.1 Å². The first-order valence-electron chi connectivity index (χ1n) is 6.47. The SMILES string of the molecule is N#CCN(c1ccc(F)cc1)S(=O)(=O)c1ccc2nncn2c1. The number of sulfonamides is 1. The fourth-order valence-corrected chi connectivity index (χ4v) is 3.44. The summed E-state index contributed by atoms with van der Waals surface area (Å²) in [6.07, 6.45) is 2.74. The van der Waals surface area contributed by atoms with Crippen LogP contribution >= 0.6 is 0 Å². The van der Waals surface area contributed by atoms with Gasteiger partial charge >= 0.3 is 0 Å². The van der Waals surface area contributed by atoms with Crippen molar-refractivity contribution in [1.82, 2.24) is 14.6 Å². The smallest absolute Gasteiger partial charge is 0.266 e. The molecule has 3 rings (SSSR count). The molecule has 7 nitrogen and oxygen atoms in total. The zero-order chi connectivity index (χ0) is 16.4. The van der Waals surface area contributed by atoms with Crippen molar-refractivity contribution < 1.29 is 12.8 Å². The average Bonchev–Trinajstić information content (AvgIpc) is 3.01. The number of anilines is 1. The zero-order valence-electron chi connectivity index (χ0n) is 11.7. The maximum Gasteiger partial charge on any atom is 0.266 e. The summed E-state index contributed by atoms with van der Waals surface area (Å²) in [6.45, 7) is -0.395. The lowest BCUT2D eigenvalue weighted by molar-refractivity contribution is 0.592. The van der Waals surface area contributed by atoms with Gasteiger partial charge in [-0.3, -0.25) is 8.71 Å². The van der Waals surface area contributed by atoms with Gasteiger partial charge in [0.1, 0.15) is 23.6 Å². The number of hydrogen-bond acceptors (Lipinski definition) is 5. The van der Waals surface area contributed by atoms with Gasteiger partial charge in [0.2, 0.25) is 0 Å². The van der Waals surface area contributed by atoms with Gasteiger partial charge in [0.25, 0.3) is 10.0 Å². The number of pyridine rings is 1. The summed E-state index contributed by atoms with van der Waals surface area (Å²) >= 11 is 0. The van der Waals surface area contributed by atoms with Crippen LogP contribution in [0.15, 0.2) is 53.8 Å². The number of rotatable bonds is 4. The minimum Gasteiger partial charge on any atom is -0.288 e. The van der Waals surface area contributed by atoms with E-state index in [1.165, 1.54) is 41.2 Å². The van der Waals surface area contributed by atoms with Gasteiger partial charge in [-0.1, -0.05) is 0 Å². The Hall–Kier alpha value is -2.99. The molecular weight excluding hydrogens is 321 g/mol. The molecule has 0 radical (unpaired) electrons. The van der Waals surface area contributed by atoms with Gasteiger partial charge in [0.15, 0.2) is 5.65 Å². The molecule has 0 fully saturated rings. The lowest BCUT2D eigenvalue weighted by atomic mass is 10.3. The van der Waals surface area contributed by atoms with E-state index in [9.17, 15) is 12.8 Å². The van der Waals surface area contributed by atoms with E-state index in [-0.39, 0.29) is 10.6 Å². The van der Waals surface area contributed by atoms with Crippen LogP contribution in [-0.4, -0.2) is 29.6 Å². The molecule has 23 heavy (non-hydrogen) atoms. The van der Waals surface area contributed by atoms with E-state index in [0.29, 0.717) is 5.65 Å². The monoisotopic (exact) mass is 331 g/mol. The third kappa shape index (κ3) is 2.72. The highest BCUT2D eigenvalue weighted by molar-refractivity contribution is 7.92. The average molecular weight is 331 g/mol. The number of benzene rings is 1. The van der Waals surface area contributed by atoms with E-state index in [1.54, 1.807) is 0 Å². The quantitative estimate of drug-likeness (QED) is 0.677. The van der Waals surface area contributed by atoms with Crippen molar-refractivity contribution in [1.29, 1.82) is 5.26 Å². The van der Waals surface area contributed by atoms with Crippen LogP contribution < -0.4 is 4.31 Å². The Kier molecular flexibility index (Phi) is 3.67. The number of nitrogens with zero attached hydrogens (tertiary/aromatic N) is 5. The molecule has 0 aliphatic heterocycles. The fraction of sp³-hybridized carbons (Fsp3) is 0.0714. The van der Waals surface area contributed by atoms with Crippen molar-refractivity contribution in [2.24, 2.45) is 0 Å². The second-order valence-electron chi connectivity index (χ2n) is 4.61. The van der Waals surface area contributed by atoms with Crippen LogP contribution in [0, 0.1) is 17.1 Å². The highest BCUT2D eigenvalue weighted by atomic mass is 32.2. The third-order valence-corrected chi connectivity index (χ3v) is 4.94. The van der Waals surface area contributed by atoms with Crippen molar-refractivity contribution in [3.8, 4) is 6.07 Å². The summed E-state index contributed by atoms with van der Waals surface area (Å²) in [7, 11) is -3.99. The van der Waals surface area contributed by atoms with Crippen LogP contribution in [0.3, 0.4) is 0 Å². The van der Waals surface area contributed by atoms with Crippen molar-refractivity contribution >= 4 is 21.4 Å². The molecule has 9 heteroatoms. The molecule has 0 N–H and O–H groups in total. The maximum absolute atomic E-state index is 13.0. The van der Waals surface area contributed by atoms with Crippen LogP contribution in [0.2, 0.25) is 0 Å². The first-order valence-corrected chi connectivity index (χ1v) is 7.91. The lowest BCUT2D eigenvalue weighted by Gasteiger charge is -2.21. The Labute approximate surface area is 131 Å². The summed E-state index contributed by atoms with van der Waals surface area (Å²) in [4.78, 5) is -0.0237. The summed E-state index contributed by atoms with van der Waals surface area (Å²) in [5, 5.41) is 16.4. The molecule has 0 unspecified atom stereocenters. The van der Waals surface area contributed by atoms with E-state index in [1.807, 2.05) is 6.07 Å². The zero-order valence-corrected chi connectivity index (χ0v) is 12.5. The van der Waals surface area contributed by atoms with Gasteiger partial charge in [0.05, 0.1) is 11.8 Å². The minimum atomic E-state index is -3.99. The van der Waals surface area contributed by atoms with Crippen molar-refractivity contribution in [2.75, 3.05) is 10.8 Å². The van der Waals surface area contributed by atoms with E-state index >= 15 is 0 Å². The Bertz CT molecular complexity index is 992. The van der Waals surface area contributed by atoms with Gasteiger partial charge < -0.3 is 0 Å². The van der Waals surface area contributed by atoms with Gasteiger partial charge in [-0.15, -0.1) is 10.2 Å².